The molecule has 3 aliphatic rings. The average molecular weight is 428 g/mol. The summed E-state index contributed by atoms with van der Waals surface area (Å²) in [7, 11) is 1.30. The van der Waals surface area contributed by atoms with Gasteiger partial charge in [0.05, 0.1) is 7.11 Å². The van der Waals surface area contributed by atoms with Crippen molar-refractivity contribution in [3.8, 4) is 0 Å². The minimum atomic E-state index is -1.10. The number of amides is 1. The molecule has 0 aromatic heterocycles. The summed E-state index contributed by atoms with van der Waals surface area (Å²) >= 11 is 1.45. The van der Waals surface area contributed by atoms with E-state index in [1.54, 1.807) is 0 Å². The number of thioether (sulfide) groups is 1. The first-order valence-electron chi connectivity index (χ1n) is 10.4. The molecule has 0 spiro atoms. The quantitative estimate of drug-likeness (QED) is 0.624. The lowest BCUT2D eigenvalue weighted by Crippen LogP contribution is -2.56. The summed E-state index contributed by atoms with van der Waals surface area (Å²) in [5.41, 5.74) is -1.29. The van der Waals surface area contributed by atoms with Crippen LogP contribution in [-0.2, 0) is 23.9 Å². The van der Waals surface area contributed by atoms with Crippen LogP contribution in [0.25, 0.3) is 0 Å². The second-order valence-electron chi connectivity index (χ2n) is 9.96. The van der Waals surface area contributed by atoms with Crippen LogP contribution in [0.2, 0.25) is 0 Å². The highest BCUT2D eigenvalue weighted by atomic mass is 32.2. The standard InChI is InChI=1S/C21H33NO6S/c1-11-8-12-6-7-14-21(12,26)16(19(25)28-14)17(11)29-10-13(18(24)27-5)22-15(23)9-20(2,3)4/h11-14,16-17,26H,6-10H2,1-5H3,(H,22,23)/t11-,12+,13-,14+,16?,17+,21+/m0/s1. The number of rotatable bonds is 6. The van der Waals surface area contributed by atoms with E-state index in [0.29, 0.717) is 12.8 Å². The zero-order valence-electron chi connectivity index (χ0n) is 17.9. The molecule has 1 aliphatic heterocycles. The van der Waals surface area contributed by atoms with Crippen molar-refractivity contribution in [2.24, 2.45) is 23.2 Å². The number of carbonyl (C=O) groups excluding carboxylic acids is 3. The lowest BCUT2D eigenvalue weighted by atomic mass is 9.66. The molecule has 0 aromatic rings. The SMILES string of the molecule is COC(=O)[C@H](CS[C@H]1C2C(=O)O[C@@H]3CC[C@H](C[C@@H]1C)[C@]23O)NC(=O)CC(C)(C)C. The van der Waals surface area contributed by atoms with Crippen LogP contribution < -0.4 is 5.32 Å². The topological polar surface area (TPSA) is 102 Å². The third kappa shape index (κ3) is 4.29. The van der Waals surface area contributed by atoms with Crippen molar-refractivity contribution < 1.29 is 29.0 Å². The van der Waals surface area contributed by atoms with E-state index in [1.165, 1.54) is 18.9 Å². The molecule has 1 saturated heterocycles. The van der Waals surface area contributed by atoms with E-state index in [4.69, 9.17) is 9.47 Å². The molecule has 164 valence electrons. The van der Waals surface area contributed by atoms with E-state index >= 15 is 0 Å². The van der Waals surface area contributed by atoms with Gasteiger partial charge in [-0.3, -0.25) is 9.59 Å². The van der Waals surface area contributed by atoms with Gasteiger partial charge in [-0.15, -0.1) is 0 Å². The Morgan fingerprint density at radius 1 is 1.38 bits per heavy atom. The van der Waals surface area contributed by atoms with E-state index in [9.17, 15) is 19.5 Å². The molecule has 3 rings (SSSR count). The van der Waals surface area contributed by atoms with Crippen molar-refractivity contribution >= 4 is 29.6 Å². The summed E-state index contributed by atoms with van der Waals surface area (Å²) in [6, 6.07) is -0.795. The lowest BCUT2D eigenvalue weighted by Gasteiger charge is -2.44. The maximum atomic E-state index is 12.6. The number of nitrogens with one attached hydrogen (secondary N) is 1. The number of carbonyl (C=O) groups is 3. The molecule has 1 amide bonds. The summed E-state index contributed by atoms with van der Waals surface area (Å²) in [6.45, 7) is 7.96. The average Bonchev–Trinajstić information content (AvgIpc) is 3.05. The van der Waals surface area contributed by atoms with E-state index in [-0.39, 0.29) is 40.1 Å². The van der Waals surface area contributed by atoms with Crippen molar-refractivity contribution in [1.82, 2.24) is 5.32 Å². The Morgan fingerprint density at radius 2 is 2.07 bits per heavy atom. The van der Waals surface area contributed by atoms with Crippen LogP contribution >= 0.6 is 11.8 Å². The molecule has 8 heteroatoms. The van der Waals surface area contributed by atoms with Crippen LogP contribution in [0.3, 0.4) is 0 Å². The fraction of sp³-hybridized carbons (Fsp3) is 0.857. The predicted octanol–water partition coefficient (Wildman–Crippen LogP) is 1.90. The molecule has 0 aromatic carbocycles. The van der Waals surface area contributed by atoms with Gasteiger partial charge in [-0.1, -0.05) is 27.7 Å². The smallest absolute Gasteiger partial charge is 0.329 e. The van der Waals surface area contributed by atoms with Gasteiger partial charge in [-0.05, 0) is 36.5 Å². The van der Waals surface area contributed by atoms with Crippen LogP contribution in [0.15, 0.2) is 0 Å². The second-order valence-corrected chi connectivity index (χ2v) is 11.2. The molecular weight excluding hydrogens is 394 g/mol. The number of methoxy groups -OCH3 is 1. The molecule has 7 nitrogen and oxygen atoms in total. The second kappa shape index (κ2) is 8.10. The molecule has 29 heavy (non-hydrogen) atoms. The Bertz CT molecular complexity index is 677. The normalized spacial score (nSPS) is 36.9. The monoisotopic (exact) mass is 427 g/mol. The van der Waals surface area contributed by atoms with Crippen molar-refractivity contribution in [2.45, 2.75) is 76.4 Å². The van der Waals surface area contributed by atoms with Gasteiger partial charge in [0.15, 0.2) is 0 Å². The van der Waals surface area contributed by atoms with E-state index in [0.717, 1.165) is 12.8 Å². The highest BCUT2D eigenvalue weighted by Gasteiger charge is 2.68. The van der Waals surface area contributed by atoms with Crippen molar-refractivity contribution in [3.05, 3.63) is 0 Å². The largest absolute Gasteiger partial charge is 0.467 e. The van der Waals surface area contributed by atoms with E-state index in [2.05, 4.69) is 12.2 Å². The van der Waals surface area contributed by atoms with Gasteiger partial charge in [0.25, 0.3) is 0 Å². The van der Waals surface area contributed by atoms with Gasteiger partial charge in [-0.25, -0.2) is 4.79 Å². The fourth-order valence-corrected chi connectivity index (χ4v) is 6.80. The highest BCUT2D eigenvalue weighted by Crippen LogP contribution is 2.58. The summed E-state index contributed by atoms with van der Waals surface area (Å²) in [5, 5.41) is 14.0. The van der Waals surface area contributed by atoms with Crippen LogP contribution in [0.5, 0.6) is 0 Å². The molecule has 1 heterocycles. The Morgan fingerprint density at radius 3 is 2.69 bits per heavy atom. The number of ether oxygens (including phenoxy) is 2. The summed E-state index contributed by atoms with van der Waals surface area (Å²) < 4.78 is 10.4. The Balaban J connectivity index is 1.70. The van der Waals surface area contributed by atoms with Gasteiger partial charge in [0, 0.05) is 17.4 Å². The third-order valence-electron chi connectivity index (χ3n) is 6.47. The number of aliphatic hydroxyl groups is 1. The maximum Gasteiger partial charge on any atom is 0.329 e. The molecule has 2 aliphatic carbocycles. The number of hydrogen-bond acceptors (Lipinski definition) is 7. The Labute approximate surface area is 176 Å². The van der Waals surface area contributed by atoms with E-state index in [1.807, 2.05) is 20.8 Å². The zero-order chi connectivity index (χ0) is 21.6. The minimum absolute atomic E-state index is 0.0821. The Kier molecular flexibility index (Phi) is 6.26. The first-order chi connectivity index (χ1) is 13.5. The molecule has 1 unspecified atom stereocenters. The summed E-state index contributed by atoms with van der Waals surface area (Å²) in [6.07, 6.45) is 2.30. The number of hydrogen-bond donors (Lipinski definition) is 2. The Hall–Kier alpha value is -1.28. The predicted molar refractivity (Wildman–Crippen MR) is 109 cm³/mol. The van der Waals surface area contributed by atoms with Gasteiger partial charge in [0.1, 0.15) is 23.7 Å². The summed E-state index contributed by atoms with van der Waals surface area (Å²) in [4.78, 5) is 37.2. The molecule has 2 N–H and O–H groups in total. The maximum absolute atomic E-state index is 12.6. The third-order valence-corrected chi connectivity index (χ3v) is 8.12. The lowest BCUT2D eigenvalue weighted by molar-refractivity contribution is -0.145. The fourth-order valence-electron chi connectivity index (χ4n) is 5.21. The highest BCUT2D eigenvalue weighted by molar-refractivity contribution is 8.00. The van der Waals surface area contributed by atoms with Crippen LogP contribution in [-0.4, -0.2) is 58.8 Å². The van der Waals surface area contributed by atoms with Crippen molar-refractivity contribution in [3.63, 3.8) is 0 Å². The van der Waals surface area contributed by atoms with E-state index < -0.39 is 29.6 Å². The van der Waals surface area contributed by atoms with Gasteiger partial charge in [-0.2, -0.15) is 11.8 Å². The minimum Gasteiger partial charge on any atom is -0.467 e. The molecule has 0 radical (unpaired) electrons. The van der Waals surface area contributed by atoms with Gasteiger partial charge >= 0.3 is 11.9 Å². The van der Waals surface area contributed by atoms with Crippen molar-refractivity contribution in [2.75, 3.05) is 12.9 Å². The van der Waals surface area contributed by atoms with Gasteiger partial charge < -0.3 is 19.9 Å². The molecule has 2 saturated carbocycles. The van der Waals surface area contributed by atoms with Crippen LogP contribution in [0.1, 0.15) is 53.4 Å². The molecule has 7 atom stereocenters. The zero-order valence-corrected chi connectivity index (χ0v) is 18.7. The first-order valence-corrected chi connectivity index (χ1v) is 11.4. The number of esters is 2. The molecule has 0 bridgehead atoms. The van der Waals surface area contributed by atoms with Crippen molar-refractivity contribution in [1.29, 1.82) is 0 Å². The summed E-state index contributed by atoms with van der Waals surface area (Å²) in [5.74, 6) is -1.07. The first kappa shape index (κ1) is 22.4. The molecule has 3 fully saturated rings. The van der Waals surface area contributed by atoms with Gasteiger partial charge in [0.2, 0.25) is 5.91 Å². The molecular formula is C21H33NO6S. The van der Waals surface area contributed by atoms with Crippen LogP contribution in [0, 0.1) is 23.2 Å². The van der Waals surface area contributed by atoms with Crippen LogP contribution in [0.4, 0.5) is 0 Å².